The number of nitrogens with one attached hydrogen (secondary N) is 1. The predicted octanol–water partition coefficient (Wildman–Crippen LogP) is 1.65. The fraction of sp³-hybridized carbons (Fsp3) is 0.235. The normalized spacial score (nSPS) is 11.2. The lowest BCUT2D eigenvalue weighted by atomic mass is 10.1. The van der Waals surface area contributed by atoms with Crippen LogP contribution in [-0.2, 0) is 4.79 Å². The highest BCUT2D eigenvalue weighted by Crippen LogP contribution is 2.19. The largest absolute Gasteiger partial charge is 0.544 e. The summed E-state index contributed by atoms with van der Waals surface area (Å²) in [5.74, 6) is -0.973. The van der Waals surface area contributed by atoms with Crippen molar-refractivity contribution in [2.75, 3.05) is 6.61 Å². The Morgan fingerprint density at radius 2 is 1.92 bits per heavy atom. The van der Waals surface area contributed by atoms with E-state index in [0.29, 0.717) is 16.3 Å². The van der Waals surface area contributed by atoms with Crippen molar-refractivity contribution < 1.29 is 19.4 Å². The zero-order valence-corrected chi connectivity index (χ0v) is 14.4. The molecule has 1 amide bonds. The minimum atomic E-state index is -1.23. The minimum Gasteiger partial charge on any atom is -0.544 e. The number of hydrazone groups is 1. The molecule has 0 saturated heterocycles. The van der Waals surface area contributed by atoms with Crippen molar-refractivity contribution >= 4 is 28.9 Å². The van der Waals surface area contributed by atoms with E-state index in [-0.39, 0.29) is 11.5 Å². The number of hydrogen-bond acceptors (Lipinski definition) is 6. The molecule has 1 N–H and O–H groups in total. The van der Waals surface area contributed by atoms with Gasteiger partial charge in [0, 0.05) is 0 Å². The number of carboxylic acids is 1. The van der Waals surface area contributed by atoms with Gasteiger partial charge in [-0.25, -0.2) is 5.43 Å². The maximum atomic E-state index is 11.8. The molecule has 0 bridgehead atoms. The number of aryl methyl sites for hydroxylation is 2. The van der Waals surface area contributed by atoms with Crippen molar-refractivity contribution in [3.05, 3.63) is 51.2 Å². The van der Waals surface area contributed by atoms with E-state index in [1.54, 1.807) is 13.0 Å². The number of rotatable bonds is 6. The van der Waals surface area contributed by atoms with Gasteiger partial charge >= 0.3 is 0 Å². The molecular weight excluding hydrogens is 328 g/mol. The molecule has 24 heavy (non-hydrogen) atoms. The van der Waals surface area contributed by atoms with Crippen LogP contribution in [0.15, 0.2) is 35.4 Å². The fourth-order valence-electron chi connectivity index (χ4n) is 1.88. The van der Waals surface area contributed by atoms with Crippen molar-refractivity contribution in [1.29, 1.82) is 0 Å². The van der Waals surface area contributed by atoms with E-state index in [1.165, 1.54) is 6.07 Å². The van der Waals surface area contributed by atoms with Gasteiger partial charge in [0.2, 0.25) is 0 Å². The molecule has 2 rings (SSSR count). The number of carbonyl (C=O) groups is 2. The molecule has 0 atom stereocenters. The fourth-order valence-corrected chi connectivity index (χ4v) is 2.67. The van der Waals surface area contributed by atoms with E-state index >= 15 is 0 Å². The van der Waals surface area contributed by atoms with Gasteiger partial charge in [0.15, 0.2) is 6.61 Å². The Morgan fingerprint density at radius 3 is 2.58 bits per heavy atom. The molecule has 1 heterocycles. The second kappa shape index (κ2) is 7.74. The van der Waals surface area contributed by atoms with Crippen LogP contribution in [0.2, 0.25) is 0 Å². The molecule has 2 aromatic rings. The summed E-state index contributed by atoms with van der Waals surface area (Å²) in [6.07, 6.45) is 0. The Kier molecular flexibility index (Phi) is 5.70. The highest BCUT2D eigenvalue weighted by atomic mass is 32.1. The quantitative estimate of drug-likeness (QED) is 0.636. The maximum Gasteiger partial charge on any atom is 0.277 e. The summed E-state index contributed by atoms with van der Waals surface area (Å²) in [5, 5.41) is 14.7. The van der Waals surface area contributed by atoms with E-state index in [4.69, 9.17) is 4.74 Å². The SMILES string of the molecule is C/C(=N/NC(=O)COc1cc(C)ccc1C)c1ccc(C(=O)[O-])s1. The number of carboxylic acid groups (broad SMARTS) is 1. The number of benzene rings is 1. The molecule has 0 aliphatic rings. The standard InChI is InChI=1S/C17H18N2O4S/c1-10-4-5-11(2)13(8-10)23-9-16(20)19-18-12(3)14-6-7-15(24-14)17(21)22/h4-8H,9H2,1-3H3,(H,19,20)(H,21,22)/p-1/b18-12-. The molecule has 0 aliphatic carbocycles. The number of ether oxygens (including phenoxy) is 1. The van der Waals surface area contributed by atoms with Crippen LogP contribution in [0, 0.1) is 13.8 Å². The third kappa shape index (κ3) is 4.66. The molecule has 6 nitrogen and oxygen atoms in total. The first-order chi connectivity index (χ1) is 11.4. The van der Waals surface area contributed by atoms with Crippen molar-refractivity contribution in [2.45, 2.75) is 20.8 Å². The molecule has 1 aromatic carbocycles. The first kappa shape index (κ1) is 17.7. The first-order valence-corrected chi connectivity index (χ1v) is 8.03. The van der Waals surface area contributed by atoms with Crippen molar-refractivity contribution in [2.24, 2.45) is 5.10 Å². The van der Waals surface area contributed by atoms with Crippen LogP contribution in [0.5, 0.6) is 5.75 Å². The molecule has 0 spiro atoms. The summed E-state index contributed by atoms with van der Waals surface area (Å²) in [4.78, 5) is 23.3. The van der Waals surface area contributed by atoms with Crippen molar-refractivity contribution in [1.82, 2.24) is 5.43 Å². The maximum absolute atomic E-state index is 11.8. The third-order valence-corrected chi connectivity index (χ3v) is 4.39. The van der Waals surface area contributed by atoms with Gasteiger partial charge in [-0.15, -0.1) is 11.3 Å². The van der Waals surface area contributed by atoms with Gasteiger partial charge < -0.3 is 14.6 Å². The molecular formula is C17H17N2O4S-. The lowest BCUT2D eigenvalue weighted by Gasteiger charge is -2.09. The Bertz CT molecular complexity index is 796. The minimum absolute atomic E-state index is 0.115. The summed E-state index contributed by atoms with van der Waals surface area (Å²) >= 11 is 1.04. The summed E-state index contributed by atoms with van der Waals surface area (Å²) < 4.78 is 5.49. The van der Waals surface area contributed by atoms with Crippen LogP contribution in [0.25, 0.3) is 0 Å². The van der Waals surface area contributed by atoms with Crippen LogP contribution >= 0.6 is 11.3 Å². The molecule has 126 valence electrons. The van der Waals surface area contributed by atoms with Crippen LogP contribution in [-0.4, -0.2) is 24.2 Å². The van der Waals surface area contributed by atoms with Gasteiger partial charge in [0.05, 0.1) is 21.4 Å². The first-order valence-electron chi connectivity index (χ1n) is 7.21. The number of thiophene rings is 1. The number of aromatic carboxylic acids is 1. The van der Waals surface area contributed by atoms with E-state index in [1.807, 2.05) is 32.0 Å². The molecule has 7 heteroatoms. The lowest BCUT2D eigenvalue weighted by molar-refractivity contribution is -0.254. The molecule has 1 aromatic heterocycles. The van der Waals surface area contributed by atoms with E-state index in [9.17, 15) is 14.7 Å². The monoisotopic (exact) mass is 345 g/mol. The molecule has 0 saturated carbocycles. The number of carbonyl (C=O) groups excluding carboxylic acids is 2. The molecule has 0 aliphatic heterocycles. The van der Waals surface area contributed by atoms with Gasteiger partial charge in [-0.1, -0.05) is 12.1 Å². The summed E-state index contributed by atoms with van der Waals surface area (Å²) in [5.41, 5.74) is 4.89. The number of hydrogen-bond donors (Lipinski definition) is 1. The highest BCUT2D eigenvalue weighted by molar-refractivity contribution is 7.15. The summed E-state index contributed by atoms with van der Waals surface area (Å²) in [6, 6.07) is 8.83. The third-order valence-electron chi connectivity index (χ3n) is 3.21. The van der Waals surface area contributed by atoms with E-state index in [2.05, 4.69) is 10.5 Å². The molecule has 0 radical (unpaired) electrons. The van der Waals surface area contributed by atoms with E-state index < -0.39 is 11.9 Å². The van der Waals surface area contributed by atoms with Crippen LogP contribution in [0.1, 0.15) is 32.6 Å². The smallest absolute Gasteiger partial charge is 0.277 e. The zero-order chi connectivity index (χ0) is 17.7. The summed E-state index contributed by atoms with van der Waals surface area (Å²) in [6.45, 7) is 5.37. The average molecular weight is 345 g/mol. The van der Waals surface area contributed by atoms with Crippen LogP contribution in [0.3, 0.4) is 0 Å². The highest BCUT2D eigenvalue weighted by Gasteiger charge is 2.07. The van der Waals surface area contributed by atoms with Gasteiger partial charge in [0.25, 0.3) is 5.91 Å². The molecule has 0 unspecified atom stereocenters. The zero-order valence-electron chi connectivity index (χ0n) is 13.6. The van der Waals surface area contributed by atoms with E-state index in [0.717, 1.165) is 22.5 Å². The topological polar surface area (TPSA) is 90.8 Å². The molecule has 0 fully saturated rings. The van der Waals surface area contributed by atoms with Gasteiger partial charge in [-0.2, -0.15) is 5.10 Å². The van der Waals surface area contributed by atoms with Gasteiger partial charge in [-0.3, -0.25) is 4.79 Å². The second-order valence-corrected chi connectivity index (χ2v) is 6.32. The van der Waals surface area contributed by atoms with Gasteiger partial charge in [-0.05, 0) is 50.1 Å². The number of nitrogens with zero attached hydrogens (tertiary/aromatic N) is 1. The second-order valence-electron chi connectivity index (χ2n) is 5.24. The summed E-state index contributed by atoms with van der Waals surface area (Å²) in [7, 11) is 0. The Hall–Kier alpha value is -2.67. The average Bonchev–Trinajstić information content (AvgIpc) is 3.03. The Morgan fingerprint density at radius 1 is 1.21 bits per heavy atom. The van der Waals surface area contributed by atoms with Crippen LogP contribution in [0.4, 0.5) is 0 Å². The van der Waals surface area contributed by atoms with Crippen molar-refractivity contribution in [3.8, 4) is 5.75 Å². The van der Waals surface area contributed by atoms with Crippen LogP contribution < -0.4 is 15.3 Å². The predicted molar refractivity (Wildman–Crippen MR) is 90.4 cm³/mol. The van der Waals surface area contributed by atoms with Crippen molar-refractivity contribution in [3.63, 3.8) is 0 Å². The Balaban J connectivity index is 1.91. The Labute approximate surface area is 143 Å². The number of amides is 1. The van der Waals surface area contributed by atoms with Gasteiger partial charge in [0.1, 0.15) is 5.75 Å². The lowest BCUT2D eigenvalue weighted by Crippen LogP contribution is -2.25.